The van der Waals surface area contributed by atoms with Crippen LogP contribution >= 0.6 is 11.6 Å². The van der Waals surface area contributed by atoms with E-state index in [0.717, 1.165) is 5.56 Å². The number of aliphatic carboxylic acids is 1. The summed E-state index contributed by atoms with van der Waals surface area (Å²) >= 11 is 5.82. The number of hydrogen-bond acceptors (Lipinski definition) is 4. The third-order valence-electron chi connectivity index (χ3n) is 2.36. The van der Waals surface area contributed by atoms with Gasteiger partial charge in [0.1, 0.15) is 5.75 Å². The number of rotatable bonds is 4. The van der Waals surface area contributed by atoms with Gasteiger partial charge < -0.3 is 9.84 Å². The van der Waals surface area contributed by atoms with Gasteiger partial charge in [-0.1, -0.05) is 11.6 Å². The van der Waals surface area contributed by atoms with Crippen molar-refractivity contribution in [3.8, 4) is 5.75 Å². The lowest BCUT2D eigenvalue weighted by atomic mass is 10.1. The first-order chi connectivity index (χ1) is 8.56. The van der Waals surface area contributed by atoms with E-state index in [4.69, 9.17) is 21.4 Å². The van der Waals surface area contributed by atoms with Gasteiger partial charge in [-0.15, -0.1) is 0 Å². The zero-order valence-electron chi connectivity index (χ0n) is 9.18. The summed E-state index contributed by atoms with van der Waals surface area (Å²) in [6.07, 6.45) is -0.356. The molecule has 1 aromatic carbocycles. The molecule has 0 bridgehead atoms. The fraction of sp³-hybridized carbons (Fsp3) is 0.273. The van der Waals surface area contributed by atoms with E-state index < -0.39 is 24.6 Å². The van der Waals surface area contributed by atoms with Gasteiger partial charge in [0.05, 0.1) is 0 Å². The lowest BCUT2D eigenvalue weighted by Crippen LogP contribution is -2.38. The molecular weight excluding hydrogens is 262 g/mol. The number of carbonyl (C=O) groups is 2. The number of carbonyl (C=O) groups excluding carboxylic acids is 1. The van der Waals surface area contributed by atoms with Crippen LogP contribution in [0.15, 0.2) is 18.2 Å². The van der Waals surface area contributed by atoms with Crippen molar-refractivity contribution in [2.75, 3.05) is 6.61 Å². The average molecular weight is 272 g/mol. The van der Waals surface area contributed by atoms with Crippen molar-refractivity contribution in [2.45, 2.75) is 12.5 Å². The molecule has 6 nitrogen and oxygen atoms in total. The summed E-state index contributed by atoms with van der Waals surface area (Å²) in [5.74, 6) is -1.10. The molecule has 96 valence electrons. The summed E-state index contributed by atoms with van der Waals surface area (Å²) in [6, 6.07) is 5.08. The quantitative estimate of drug-likeness (QED) is 0.791. The minimum atomic E-state index is -1.17. The SMILES string of the molecule is O=C(O)CONC(=O)C1Cc2cc(Cl)ccc2O1. The molecule has 2 rings (SSSR count). The molecule has 1 aliphatic rings. The van der Waals surface area contributed by atoms with Gasteiger partial charge in [-0.2, -0.15) is 0 Å². The Balaban J connectivity index is 1.90. The van der Waals surface area contributed by atoms with E-state index in [1.165, 1.54) is 0 Å². The van der Waals surface area contributed by atoms with Crippen molar-refractivity contribution in [1.82, 2.24) is 5.48 Å². The summed E-state index contributed by atoms with van der Waals surface area (Å²) in [7, 11) is 0. The number of hydrogen-bond donors (Lipinski definition) is 2. The van der Waals surface area contributed by atoms with Crippen molar-refractivity contribution < 1.29 is 24.3 Å². The van der Waals surface area contributed by atoms with Crippen LogP contribution in [0, 0.1) is 0 Å². The van der Waals surface area contributed by atoms with Crippen LogP contribution in [-0.2, 0) is 20.8 Å². The van der Waals surface area contributed by atoms with Crippen LogP contribution < -0.4 is 10.2 Å². The summed E-state index contributed by atoms with van der Waals surface area (Å²) in [5.41, 5.74) is 2.86. The number of hydroxylamine groups is 1. The second-order valence-corrected chi connectivity index (χ2v) is 4.15. The Morgan fingerprint density at radius 1 is 1.56 bits per heavy atom. The maximum Gasteiger partial charge on any atom is 0.332 e. The molecule has 1 aliphatic heterocycles. The van der Waals surface area contributed by atoms with Crippen LogP contribution in [-0.4, -0.2) is 29.7 Å². The number of benzene rings is 1. The number of amides is 1. The standard InChI is InChI=1S/C11H10ClNO5/c12-7-1-2-8-6(3-7)4-9(18-8)11(16)13-17-5-10(14)15/h1-3,9H,4-5H2,(H,13,16)(H,14,15). The van der Waals surface area contributed by atoms with Crippen molar-refractivity contribution >= 4 is 23.5 Å². The molecule has 1 atom stereocenters. The van der Waals surface area contributed by atoms with Gasteiger partial charge >= 0.3 is 5.97 Å². The van der Waals surface area contributed by atoms with Gasteiger partial charge in [-0.25, -0.2) is 10.3 Å². The Hall–Kier alpha value is -1.79. The largest absolute Gasteiger partial charge is 0.480 e. The van der Waals surface area contributed by atoms with Crippen LogP contribution in [0.5, 0.6) is 5.75 Å². The van der Waals surface area contributed by atoms with Crippen LogP contribution in [0.4, 0.5) is 0 Å². The van der Waals surface area contributed by atoms with Gasteiger partial charge in [-0.3, -0.25) is 9.63 Å². The van der Waals surface area contributed by atoms with Crippen molar-refractivity contribution in [3.63, 3.8) is 0 Å². The highest BCUT2D eigenvalue weighted by Gasteiger charge is 2.29. The molecule has 7 heteroatoms. The second-order valence-electron chi connectivity index (χ2n) is 3.71. The summed E-state index contributed by atoms with van der Waals surface area (Å²) in [6.45, 7) is -0.600. The van der Waals surface area contributed by atoms with Gasteiger partial charge in [0, 0.05) is 11.4 Å². The highest BCUT2D eigenvalue weighted by atomic mass is 35.5. The highest BCUT2D eigenvalue weighted by Crippen LogP contribution is 2.30. The van der Waals surface area contributed by atoms with Gasteiger partial charge in [0.25, 0.3) is 5.91 Å². The fourth-order valence-electron chi connectivity index (χ4n) is 1.60. The summed E-state index contributed by atoms with van der Waals surface area (Å²) in [4.78, 5) is 26.3. The first kappa shape index (κ1) is 12.7. The summed E-state index contributed by atoms with van der Waals surface area (Å²) < 4.78 is 5.38. The molecule has 0 saturated carbocycles. The second kappa shape index (κ2) is 5.24. The van der Waals surface area contributed by atoms with E-state index in [9.17, 15) is 9.59 Å². The highest BCUT2D eigenvalue weighted by molar-refractivity contribution is 6.30. The van der Waals surface area contributed by atoms with Crippen LogP contribution in [0.25, 0.3) is 0 Å². The van der Waals surface area contributed by atoms with Crippen molar-refractivity contribution in [2.24, 2.45) is 0 Å². The maximum atomic E-state index is 11.6. The molecule has 1 heterocycles. The first-order valence-electron chi connectivity index (χ1n) is 5.15. The molecule has 0 fully saturated rings. The third kappa shape index (κ3) is 2.91. The van der Waals surface area contributed by atoms with Crippen LogP contribution in [0.2, 0.25) is 5.02 Å². The zero-order chi connectivity index (χ0) is 13.1. The predicted molar refractivity (Wildman–Crippen MR) is 61.3 cm³/mol. The topological polar surface area (TPSA) is 84.9 Å². The number of ether oxygens (including phenoxy) is 1. The molecule has 1 amide bonds. The van der Waals surface area contributed by atoms with E-state index in [1.54, 1.807) is 18.2 Å². The number of fused-ring (bicyclic) bond motifs is 1. The monoisotopic (exact) mass is 271 g/mol. The number of carboxylic acids is 1. The lowest BCUT2D eigenvalue weighted by molar-refractivity contribution is -0.151. The molecule has 0 spiro atoms. The minimum absolute atomic E-state index is 0.373. The summed E-state index contributed by atoms with van der Waals surface area (Å²) in [5, 5.41) is 8.91. The third-order valence-corrected chi connectivity index (χ3v) is 2.59. The van der Waals surface area contributed by atoms with E-state index in [0.29, 0.717) is 17.2 Å². The Kier molecular flexibility index (Phi) is 3.69. The number of nitrogens with one attached hydrogen (secondary N) is 1. The molecule has 0 aromatic heterocycles. The van der Waals surface area contributed by atoms with Crippen molar-refractivity contribution in [1.29, 1.82) is 0 Å². The Labute approximate surface area is 107 Å². The van der Waals surface area contributed by atoms with E-state index in [2.05, 4.69) is 4.84 Å². The van der Waals surface area contributed by atoms with Gasteiger partial charge in [0.2, 0.25) is 0 Å². The number of halogens is 1. The van der Waals surface area contributed by atoms with Gasteiger partial charge in [0.15, 0.2) is 12.7 Å². The Morgan fingerprint density at radius 3 is 3.06 bits per heavy atom. The molecule has 18 heavy (non-hydrogen) atoms. The molecule has 0 saturated heterocycles. The molecule has 2 N–H and O–H groups in total. The fourth-order valence-corrected chi connectivity index (χ4v) is 1.79. The maximum absolute atomic E-state index is 11.6. The normalized spacial score (nSPS) is 16.8. The molecule has 1 aromatic rings. The first-order valence-corrected chi connectivity index (χ1v) is 5.52. The number of carboxylic acid groups (broad SMARTS) is 1. The van der Waals surface area contributed by atoms with Crippen molar-refractivity contribution in [3.05, 3.63) is 28.8 Å². The minimum Gasteiger partial charge on any atom is -0.480 e. The molecule has 0 radical (unpaired) electrons. The smallest absolute Gasteiger partial charge is 0.332 e. The molecule has 0 aliphatic carbocycles. The zero-order valence-corrected chi connectivity index (χ0v) is 9.94. The lowest BCUT2D eigenvalue weighted by Gasteiger charge is -2.10. The van der Waals surface area contributed by atoms with Crippen LogP contribution in [0.1, 0.15) is 5.56 Å². The Morgan fingerprint density at radius 2 is 2.33 bits per heavy atom. The van der Waals surface area contributed by atoms with E-state index >= 15 is 0 Å². The molecule has 1 unspecified atom stereocenters. The van der Waals surface area contributed by atoms with E-state index in [1.807, 2.05) is 5.48 Å². The molecular formula is C11H10ClNO5. The van der Waals surface area contributed by atoms with Crippen LogP contribution in [0.3, 0.4) is 0 Å². The average Bonchev–Trinajstić information content (AvgIpc) is 2.71. The predicted octanol–water partition coefficient (Wildman–Crippen LogP) is 0.776. The Bertz CT molecular complexity index is 490. The van der Waals surface area contributed by atoms with Gasteiger partial charge in [-0.05, 0) is 23.8 Å². The van der Waals surface area contributed by atoms with E-state index in [-0.39, 0.29) is 0 Å².